The summed E-state index contributed by atoms with van der Waals surface area (Å²) < 4.78 is 0. The zero-order valence-electron chi connectivity index (χ0n) is 14.3. The van der Waals surface area contributed by atoms with E-state index in [9.17, 15) is 4.79 Å². The van der Waals surface area contributed by atoms with Crippen LogP contribution in [0.3, 0.4) is 0 Å². The Morgan fingerprint density at radius 1 is 1.19 bits per heavy atom. The SMILES string of the molecule is CC(C)N(C(=O)CN1CCCC(C2CCCN2)C1)C(C)C. The van der Waals surface area contributed by atoms with Crippen LogP contribution in [0.2, 0.25) is 0 Å². The van der Waals surface area contributed by atoms with Crippen LogP contribution in [-0.2, 0) is 4.79 Å². The van der Waals surface area contributed by atoms with E-state index < -0.39 is 0 Å². The molecule has 0 aliphatic carbocycles. The molecule has 4 nitrogen and oxygen atoms in total. The van der Waals surface area contributed by atoms with E-state index in [-0.39, 0.29) is 12.1 Å². The first kappa shape index (κ1) is 16.8. The van der Waals surface area contributed by atoms with E-state index in [1.807, 2.05) is 4.90 Å². The molecule has 4 heteroatoms. The number of rotatable bonds is 5. The van der Waals surface area contributed by atoms with Crippen molar-refractivity contribution in [1.82, 2.24) is 15.1 Å². The molecule has 1 amide bonds. The molecule has 2 fully saturated rings. The van der Waals surface area contributed by atoms with Crippen molar-refractivity contribution in [2.45, 2.75) is 71.5 Å². The Morgan fingerprint density at radius 2 is 1.90 bits per heavy atom. The van der Waals surface area contributed by atoms with E-state index >= 15 is 0 Å². The summed E-state index contributed by atoms with van der Waals surface area (Å²) in [5, 5.41) is 3.64. The lowest BCUT2D eigenvalue weighted by atomic mass is 9.90. The number of hydrogen-bond donors (Lipinski definition) is 1. The maximum absolute atomic E-state index is 12.6. The third kappa shape index (κ3) is 4.43. The molecule has 2 unspecified atom stereocenters. The molecule has 1 N–H and O–H groups in total. The molecule has 0 radical (unpaired) electrons. The van der Waals surface area contributed by atoms with E-state index in [1.165, 1.54) is 32.2 Å². The average Bonchev–Trinajstić information content (AvgIpc) is 2.91. The molecular formula is C17H33N3O. The van der Waals surface area contributed by atoms with E-state index in [0.717, 1.165) is 19.0 Å². The van der Waals surface area contributed by atoms with Crippen molar-refractivity contribution in [2.75, 3.05) is 26.2 Å². The number of carbonyl (C=O) groups excluding carboxylic acids is 1. The molecule has 122 valence electrons. The zero-order valence-corrected chi connectivity index (χ0v) is 14.3. The molecule has 0 bridgehead atoms. The highest BCUT2D eigenvalue weighted by molar-refractivity contribution is 5.78. The minimum absolute atomic E-state index is 0.287. The Kier molecular flexibility index (Phi) is 6.06. The minimum atomic E-state index is 0.287. The van der Waals surface area contributed by atoms with Gasteiger partial charge >= 0.3 is 0 Å². The van der Waals surface area contributed by atoms with Crippen LogP contribution < -0.4 is 5.32 Å². The number of piperidine rings is 1. The fourth-order valence-electron chi connectivity index (χ4n) is 4.12. The van der Waals surface area contributed by atoms with E-state index in [2.05, 4.69) is 37.9 Å². The number of amides is 1. The van der Waals surface area contributed by atoms with Gasteiger partial charge < -0.3 is 10.2 Å². The summed E-state index contributed by atoms with van der Waals surface area (Å²) in [4.78, 5) is 17.0. The van der Waals surface area contributed by atoms with Gasteiger partial charge in [-0.2, -0.15) is 0 Å². The highest BCUT2D eigenvalue weighted by atomic mass is 16.2. The molecule has 0 spiro atoms. The van der Waals surface area contributed by atoms with Crippen molar-refractivity contribution in [2.24, 2.45) is 5.92 Å². The van der Waals surface area contributed by atoms with Gasteiger partial charge in [-0.15, -0.1) is 0 Å². The molecule has 2 aliphatic heterocycles. The molecule has 2 atom stereocenters. The van der Waals surface area contributed by atoms with Gasteiger partial charge in [-0.1, -0.05) is 0 Å². The van der Waals surface area contributed by atoms with Crippen LogP contribution in [0, 0.1) is 5.92 Å². The van der Waals surface area contributed by atoms with Crippen LogP contribution in [0.5, 0.6) is 0 Å². The summed E-state index contributed by atoms with van der Waals surface area (Å²) in [6.45, 7) is 12.4. The standard InChI is InChI=1S/C17H33N3O/c1-13(2)20(14(3)4)17(21)12-19-10-6-7-15(11-19)16-8-5-9-18-16/h13-16,18H,5-12H2,1-4H3. The normalized spacial score (nSPS) is 27.5. The van der Waals surface area contributed by atoms with Crippen LogP contribution in [0.1, 0.15) is 53.4 Å². The van der Waals surface area contributed by atoms with Crippen molar-refractivity contribution >= 4 is 5.91 Å². The predicted molar refractivity (Wildman–Crippen MR) is 87.3 cm³/mol. The van der Waals surface area contributed by atoms with Crippen LogP contribution >= 0.6 is 0 Å². The fraction of sp³-hybridized carbons (Fsp3) is 0.941. The number of nitrogens with one attached hydrogen (secondary N) is 1. The summed E-state index contributed by atoms with van der Waals surface area (Å²) in [7, 11) is 0. The molecule has 2 aliphatic rings. The van der Waals surface area contributed by atoms with Gasteiger partial charge in [0.15, 0.2) is 0 Å². The van der Waals surface area contributed by atoms with Gasteiger partial charge in [0.25, 0.3) is 0 Å². The van der Waals surface area contributed by atoms with Crippen molar-refractivity contribution in [3.05, 3.63) is 0 Å². The van der Waals surface area contributed by atoms with Crippen LogP contribution in [0.15, 0.2) is 0 Å². The maximum atomic E-state index is 12.6. The van der Waals surface area contributed by atoms with Gasteiger partial charge in [0.05, 0.1) is 6.54 Å². The first-order chi connectivity index (χ1) is 9.99. The largest absolute Gasteiger partial charge is 0.337 e. The lowest BCUT2D eigenvalue weighted by Gasteiger charge is -2.38. The van der Waals surface area contributed by atoms with Gasteiger partial charge in [0, 0.05) is 24.7 Å². The van der Waals surface area contributed by atoms with Gasteiger partial charge in [0.2, 0.25) is 5.91 Å². The monoisotopic (exact) mass is 295 g/mol. The summed E-state index contributed by atoms with van der Waals surface area (Å²) in [6, 6.07) is 1.26. The van der Waals surface area contributed by atoms with Gasteiger partial charge in [-0.05, 0) is 72.4 Å². The van der Waals surface area contributed by atoms with E-state index in [0.29, 0.717) is 18.5 Å². The quantitative estimate of drug-likeness (QED) is 0.843. The molecule has 2 rings (SSSR count). The summed E-state index contributed by atoms with van der Waals surface area (Å²) in [5.74, 6) is 1.03. The zero-order chi connectivity index (χ0) is 15.4. The molecule has 2 heterocycles. The van der Waals surface area contributed by atoms with Crippen molar-refractivity contribution in [3.8, 4) is 0 Å². The first-order valence-electron chi connectivity index (χ1n) is 8.76. The van der Waals surface area contributed by atoms with Gasteiger partial charge in [-0.25, -0.2) is 0 Å². The van der Waals surface area contributed by atoms with Crippen LogP contribution in [0.25, 0.3) is 0 Å². The molecular weight excluding hydrogens is 262 g/mol. The summed E-state index contributed by atoms with van der Waals surface area (Å²) in [5.41, 5.74) is 0. The second kappa shape index (κ2) is 7.59. The highest BCUT2D eigenvalue weighted by Gasteiger charge is 2.30. The third-order valence-electron chi connectivity index (χ3n) is 4.97. The van der Waals surface area contributed by atoms with Crippen molar-refractivity contribution < 1.29 is 4.79 Å². The van der Waals surface area contributed by atoms with E-state index in [4.69, 9.17) is 0 Å². The molecule has 0 aromatic rings. The topological polar surface area (TPSA) is 35.6 Å². The maximum Gasteiger partial charge on any atom is 0.237 e. The lowest BCUT2D eigenvalue weighted by Crippen LogP contribution is -2.50. The van der Waals surface area contributed by atoms with Crippen molar-refractivity contribution in [3.63, 3.8) is 0 Å². The molecule has 21 heavy (non-hydrogen) atoms. The second-order valence-electron chi connectivity index (χ2n) is 7.33. The number of likely N-dealkylation sites (tertiary alicyclic amines) is 1. The smallest absolute Gasteiger partial charge is 0.237 e. The van der Waals surface area contributed by atoms with E-state index in [1.54, 1.807) is 0 Å². The molecule has 0 aromatic carbocycles. The molecule has 0 aromatic heterocycles. The molecule has 0 saturated carbocycles. The average molecular weight is 295 g/mol. The predicted octanol–water partition coefficient (Wildman–Crippen LogP) is 2.10. The first-order valence-corrected chi connectivity index (χ1v) is 8.76. The third-order valence-corrected chi connectivity index (χ3v) is 4.97. The second-order valence-corrected chi connectivity index (χ2v) is 7.33. The Hall–Kier alpha value is -0.610. The summed E-state index contributed by atoms with van der Waals surface area (Å²) in [6.07, 6.45) is 5.19. The van der Waals surface area contributed by atoms with Crippen LogP contribution in [-0.4, -0.2) is 60.0 Å². The Bertz CT molecular complexity index is 329. The van der Waals surface area contributed by atoms with Crippen LogP contribution in [0.4, 0.5) is 0 Å². The van der Waals surface area contributed by atoms with Gasteiger partial charge in [0.1, 0.15) is 0 Å². The Labute approximate surface area is 130 Å². The number of hydrogen-bond acceptors (Lipinski definition) is 3. The minimum Gasteiger partial charge on any atom is -0.337 e. The fourth-order valence-corrected chi connectivity index (χ4v) is 4.12. The Morgan fingerprint density at radius 3 is 2.48 bits per heavy atom. The van der Waals surface area contributed by atoms with Gasteiger partial charge in [-0.3, -0.25) is 9.69 Å². The highest BCUT2D eigenvalue weighted by Crippen LogP contribution is 2.24. The number of nitrogens with zero attached hydrogens (tertiary/aromatic N) is 2. The number of carbonyl (C=O) groups is 1. The molecule has 2 saturated heterocycles. The lowest BCUT2D eigenvalue weighted by molar-refractivity contribution is -0.136. The summed E-state index contributed by atoms with van der Waals surface area (Å²) >= 11 is 0. The van der Waals surface area contributed by atoms with Crippen molar-refractivity contribution in [1.29, 1.82) is 0 Å². The Balaban J connectivity index is 1.87.